The standard InChI is InChI=1S/C27H40N2O4/c1-4-6-8-10-11-13-18-31-22(3)27(30)33-24-16-14-23(15-17-24)26-28-20-25(21-29-26)32-19-12-9-7-5-2/h14-17,20-22H,4-13,18-19H2,1-3H3. The van der Waals surface area contributed by atoms with Gasteiger partial charge in [0.25, 0.3) is 0 Å². The Kier molecular flexibility index (Phi) is 13.1. The first-order valence-corrected chi connectivity index (χ1v) is 12.5. The number of rotatable bonds is 17. The summed E-state index contributed by atoms with van der Waals surface area (Å²) in [6.45, 7) is 7.40. The maximum atomic E-state index is 12.3. The Labute approximate surface area is 199 Å². The molecule has 0 spiro atoms. The predicted octanol–water partition coefficient (Wildman–Crippen LogP) is 6.77. The molecule has 0 aliphatic rings. The van der Waals surface area contributed by atoms with Crippen LogP contribution in [-0.2, 0) is 9.53 Å². The molecule has 0 fully saturated rings. The quantitative estimate of drug-likeness (QED) is 0.149. The molecule has 1 heterocycles. The number of esters is 1. The summed E-state index contributed by atoms with van der Waals surface area (Å²) in [4.78, 5) is 21.0. The molecule has 182 valence electrons. The lowest BCUT2D eigenvalue weighted by molar-refractivity contribution is -0.146. The topological polar surface area (TPSA) is 70.5 Å². The number of benzene rings is 1. The van der Waals surface area contributed by atoms with Crippen LogP contribution < -0.4 is 9.47 Å². The van der Waals surface area contributed by atoms with Crippen LogP contribution in [-0.4, -0.2) is 35.3 Å². The summed E-state index contributed by atoms with van der Waals surface area (Å²) in [6, 6.07) is 7.17. The van der Waals surface area contributed by atoms with Gasteiger partial charge in [-0.3, -0.25) is 0 Å². The number of hydrogen-bond acceptors (Lipinski definition) is 6. The van der Waals surface area contributed by atoms with E-state index in [4.69, 9.17) is 14.2 Å². The van der Waals surface area contributed by atoms with E-state index in [0.29, 0.717) is 30.5 Å². The van der Waals surface area contributed by atoms with Crippen molar-refractivity contribution in [1.82, 2.24) is 9.97 Å². The summed E-state index contributed by atoms with van der Waals surface area (Å²) in [5.74, 6) is 1.37. The summed E-state index contributed by atoms with van der Waals surface area (Å²) in [5.41, 5.74) is 0.844. The van der Waals surface area contributed by atoms with E-state index in [2.05, 4.69) is 23.8 Å². The minimum Gasteiger partial charge on any atom is -0.490 e. The SMILES string of the molecule is CCCCCCCCOC(C)C(=O)Oc1ccc(-c2ncc(OCCCCCC)cn2)cc1. The highest BCUT2D eigenvalue weighted by atomic mass is 16.6. The van der Waals surface area contributed by atoms with E-state index < -0.39 is 6.10 Å². The van der Waals surface area contributed by atoms with Gasteiger partial charge in [0.2, 0.25) is 0 Å². The fourth-order valence-electron chi connectivity index (χ4n) is 3.34. The van der Waals surface area contributed by atoms with Crippen LogP contribution in [0.3, 0.4) is 0 Å². The smallest absolute Gasteiger partial charge is 0.340 e. The van der Waals surface area contributed by atoms with Crippen molar-refractivity contribution in [3.63, 3.8) is 0 Å². The largest absolute Gasteiger partial charge is 0.490 e. The second-order valence-corrected chi connectivity index (χ2v) is 8.38. The summed E-state index contributed by atoms with van der Waals surface area (Å²) < 4.78 is 16.8. The molecular weight excluding hydrogens is 416 g/mol. The van der Waals surface area contributed by atoms with E-state index in [1.165, 1.54) is 44.9 Å². The summed E-state index contributed by atoms with van der Waals surface area (Å²) >= 11 is 0. The van der Waals surface area contributed by atoms with E-state index in [0.717, 1.165) is 24.8 Å². The Morgan fingerprint density at radius 3 is 2.03 bits per heavy atom. The summed E-state index contributed by atoms with van der Waals surface area (Å²) in [6.07, 6.45) is 14.6. The number of hydrogen-bond donors (Lipinski definition) is 0. The number of ether oxygens (including phenoxy) is 3. The van der Waals surface area contributed by atoms with Crippen molar-refractivity contribution in [1.29, 1.82) is 0 Å². The highest BCUT2D eigenvalue weighted by Crippen LogP contribution is 2.21. The average molecular weight is 457 g/mol. The Bertz CT molecular complexity index is 778. The molecule has 1 unspecified atom stereocenters. The lowest BCUT2D eigenvalue weighted by atomic mass is 10.1. The van der Waals surface area contributed by atoms with Crippen LogP contribution in [0, 0.1) is 0 Å². The van der Waals surface area contributed by atoms with Crippen LogP contribution in [0.1, 0.15) is 85.0 Å². The zero-order chi connectivity index (χ0) is 23.7. The molecule has 0 aliphatic heterocycles. The van der Waals surface area contributed by atoms with Crippen molar-refractivity contribution in [3.8, 4) is 22.9 Å². The zero-order valence-electron chi connectivity index (χ0n) is 20.6. The first kappa shape index (κ1) is 26.8. The van der Waals surface area contributed by atoms with E-state index in [1.54, 1.807) is 31.5 Å². The van der Waals surface area contributed by atoms with Gasteiger partial charge >= 0.3 is 5.97 Å². The van der Waals surface area contributed by atoms with Crippen molar-refractivity contribution >= 4 is 5.97 Å². The van der Waals surface area contributed by atoms with Gasteiger partial charge in [-0.25, -0.2) is 14.8 Å². The summed E-state index contributed by atoms with van der Waals surface area (Å²) in [5, 5.41) is 0. The predicted molar refractivity (Wildman–Crippen MR) is 132 cm³/mol. The first-order chi connectivity index (χ1) is 16.1. The third kappa shape index (κ3) is 10.8. The normalized spacial score (nSPS) is 11.8. The van der Waals surface area contributed by atoms with Crippen LogP contribution in [0.2, 0.25) is 0 Å². The van der Waals surface area contributed by atoms with Gasteiger partial charge in [0, 0.05) is 12.2 Å². The number of nitrogens with zero attached hydrogens (tertiary/aromatic N) is 2. The Morgan fingerprint density at radius 2 is 1.36 bits per heavy atom. The molecule has 0 N–H and O–H groups in total. The monoisotopic (exact) mass is 456 g/mol. The van der Waals surface area contributed by atoms with Gasteiger partial charge in [0.1, 0.15) is 5.75 Å². The highest BCUT2D eigenvalue weighted by Gasteiger charge is 2.16. The molecule has 1 aromatic carbocycles. The lowest BCUT2D eigenvalue weighted by Crippen LogP contribution is -2.26. The fraction of sp³-hybridized carbons (Fsp3) is 0.593. The third-order valence-electron chi connectivity index (χ3n) is 5.42. The van der Waals surface area contributed by atoms with Crippen molar-refractivity contribution in [2.45, 2.75) is 91.1 Å². The van der Waals surface area contributed by atoms with E-state index in [-0.39, 0.29) is 5.97 Å². The van der Waals surface area contributed by atoms with Crippen molar-refractivity contribution in [2.24, 2.45) is 0 Å². The Morgan fingerprint density at radius 1 is 0.788 bits per heavy atom. The second-order valence-electron chi connectivity index (χ2n) is 8.38. The number of unbranched alkanes of at least 4 members (excludes halogenated alkanes) is 8. The Balaban J connectivity index is 1.72. The maximum Gasteiger partial charge on any atom is 0.340 e. The summed E-state index contributed by atoms with van der Waals surface area (Å²) in [7, 11) is 0. The molecule has 0 amide bonds. The van der Waals surface area contributed by atoms with Crippen LogP contribution in [0.25, 0.3) is 11.4 Å². The molecule has 0 bridgehead atoms. The highest BCUT2D eigenvalue weighted by molar-refractivity contribution is 5.77. The van der Waals surface area contributed by atoms with Crippen LogP contribution in [0.15, 0.2) is 36.7 Å². The van der Waals surface area contributed by atoms with Gasteiger partial charge in [-0.1, -0.05) is 65.2 Å². The minimum absolute atomic E-state index is 0.384. The molecule has 33 heavy (non-hydrogen) atoms. The first-order valence-electron chi connectivity index (χ1n) is 12.5. The molecule has 2 rings (SSSR count). The molecule has 0 saturated heterocycles. The maximum absolute atomic E-state index is 12.3. The lowest BCUT2D eigenvalue weighted by Gasteiger charge is -2.12. The van der Waals surface area contributed by atoms with Gasteiger partial charge in [-0.15, -0.1) is 0 Å². The molecule has 1 atom stereocenters. The second kappa shape index (κ2) is 16.2. The van der Waals surface area contributed by atoms with Crippen molar-refractivity contribution < 1.29 is 19.0 Å². The number of aromatic nitrogens is 2. The van der Waals surface area contributed by atoms with Gasteiger partial charge in [-0.05, 0) is 44.0 Å². The van der Waals surface area contributed by atoms with Crippen LogP contribution in [0.4, 0.5) is 0 Å². The van der Waals surface area contributed by atoms with E-state index in [9.17, 15) is 4.79 Å². The molecule has 0 saturated carbocycles. The molecular formula is C27H40N2O4. The minimum atomic E-state index is -0.585. The van der Waals surface area contributed by atoms with Crippen molar-refractivity contribution in [2.75, 3.05) is 13.2 Å². The van der Waals surface area contributed by atoms with Crippen molar-refractivity contribution in [3.05, 3.63) is 36.7 Å². The van der Waals surface area contributed by atoms with Gasteiger partial charge in [0.15, 0.2) is 17.7 Å². The van der Waals surface area contributed by atoms with Crippen LogP contribution >= 0.6 is 0 Å². The molecule has 0 aliphatic carbocycles. The van der Waals surface area contributed by atoms with Gasteiger partial charge in [0.05, 0.1) is 19.0 Å². The molecule has 2 aromatic rings. The Hall–Kier alpha value is -2.47. The van der Waals surface area contributed by atoms with Crippen LogP contribution in [0.5, 0.6) is 11.5 Å². The van der Waals surface area contributed by atoms with Gasteiger partial charge < -0.3 is 14.2 Å². The van der Waals surface area contributed by atoms with E-state index in [1.807, 2.05) is 12.1 Å². The average Bonchev–Trinajstić information content (AvgIpc) is 2.84. The van der Waals surface area contributed by atoms with Gasteiger partial charge in [-0.2, -0.15) is 0 Å². The molecule has 1 aromatic heterocycles. The number of carbonyl (C=O) groups excluding carboxylic acids is 1. The fourth-order valence-corrected chi connectivity index (χ4v) is 3.34. The zero-order valence-corrected chi connectivity index (χ0v) is 20.6. The third-order valence-corrected chi connectivity index (χ3v) is 5.42. The number of carbonyl (C=O) groups is 1. The molecule has 6 nitrogen and oxygen atoms in total. The van der Waals surface area contributed by atoms with E-state index >= 15 is 0 Å². The molecule has 0 radical (unpaired) electrons. The molecule has 6 heteroatoms.